The third-order valence-electron chi connectivity index (χ3n) is 3.81. The second-order valence-corrected chi connectivity index (χ2v) is 6.02. The summed E-state index contributed by atoms with van der Waals surface area (Å²) in [6.07, 6.45) is 1.35. The molecule has 1 aromatic carbocycles. The average Bonchev–Trinajstić information content (AvgIpc) is 2.62. The third-order valence-corrected chi connectivity index (χ3v) is 3.81. The highest BCUT2D eigenvalue weighted by atomic mass is 16.5. The normalized spacial score (nSPS) is 14.2. The number of nitrogens with one attached hydrogen (secondary N) is 1. The summed E-state index contributed by atoms with van der Waals surface area (Å²) in [5.74, 6) is 0.863. The number of rotatable bonds is 5. The Labute approximate surface area is 154 Å². The molecule has 1 aliphatic heterocycles. The van der Waals surface area contributed by atoms with Crippen LogP contribution in [-0.4, -0.2) is 55.6 Å². The van der Waals surface area contributed by atoms with Crippen LogP contribution in [0.2, 0.25) is 0 Å². The molecule has 0 amide bonds. The van der Waals surface area contributed by atoms with Gasteiger partial charge in [-0.25, -0.2) is 0 Å². The van der Waals surface area contributed by atoms with Gasteiger partial charge in [0.05, 0.1) is 13.2 Å². The van der Waals surface area contributed by atoms with Crippen LogP contribution in [0.1, 0.15) is 11.1 Å². The quantitative estimate of drug-likeness (QED) is 0.706. The molecule has 3 rings (SSSR count). The summed E-state index contributed by atoms with van der Waals surface area (Å²) in [7, 11) is 0. The van der Waals surface area contributed by atoms with Crippen LogP contribution in [0.15, 0.2) is 36.4 Å². The van der Waals surface area contributed by atoms with Crippen LogP contribution in [0.3, 0.4) is 0 Å². The Balaban J connectivity index is 0.000000228. The molecule has 0 radical (unpaired) electrons. The lowest BCUT2D eigenvalue weighted by Crippen LogP contribution is -2.38. The van der Waals surface area contributed by atoms with Gasteiger partial charge in [-0.2, -0.15) is 4.98 Å². The number of anilines is 2. The van der Waals surface area contributed by atoms with E-state index in [-0.39, 0.29) is 0 Å². The molecule has 1 aliphatic rings. The fourth-order valence-corrected chi connectivity index (χ4v) is 2.48. The molecule has 0 aliphatic carbocycles. The minimum atomic E-state index is 0.381. The summed E-state index contributed by atoms with van der Waals surface area (Å²) in [4.78, 5) is 6.34. The number of nitrogens with zero attached hydrogens (tertiary/aromatic N) is 2. The van der Waals surface area contributed by atoms with Gasteiger partial charge in [0.15, 0.2) is 0 Å². The number of nitrogens with two attached hydrogens (primary N) is 2. The number of morpholine rings is 1. The van der Waals surface area contributed by atoms with E-state index in [1.165, 1.54) is 11.8 Å². The molecule has 0 unspecified atom stereocenters. The minimum Gasteiger partial charge on any atom is -0.476 e. The summed E-state index contributed by atoms with van der Waals surface area (Å²) in [5, 5.41) is 6.92. The highest BCUT2D eigenvalue weighted by Gasteiger charge is 2.10. The lowest BCUT2D eigenvalue weighted by atomic mass is 10.2. The van der Waals surface area contributed by atoms with Crippen molar-refractivity contribution in [2.75, 3.05) is 50.9 Å². The van der Waals surface area contributed by atoms with Crippen molar-refractivity contribution in [3.8, 4) is 5.88 Å². The zero-order chi connectivity index (χ0) is 18.8. The highest BCUT2D eigenvalue weighted by Crippen LogP contribution is 2.15. The number of ether oxygens (including phenoxy) is 2. The van der Waals surface area contributed by atoms with Crippen LogP contribution in [0.5, 0.6) is 5.88 Å². The summed E-state index contributed by atoms with van der Waals surface area (Å²) in [6.45, 7) is 6.96. The Morgan fingerprint density at radius 2 is 2.00 bits per heavy atom. The monoisotopic (exact) mass is 357 g/mol. The summed E-state index contributed by atoms with van der Waals surface area (Å²) in [6, 6.07) is 11.2. The molecule has 1 aromatic heterocycles. The highest BCUT2D eigenvalue weighted by molar-refractivity contribution is 5.76. The average molecular weight is 357 g/mol. The van der Waals surface area contributed by atoms with Crippen LogP contribution in [0.25, 0.3) is 0 Å². The Kier molecular flexibility index (Phi) is 7.85. The predicted octanol–water partition coefficient (Wildman–Crippen LogP) is 1.95. The zero-order valence-corrected chi connectivity index (χ0v) is 15.1. The maximum absolute atomic E-state index is 6.92. The lowest BCUT2D eigenvalue weighted by Gasteiger charge is -2.26. The van der Waals surface area contributed by atoms with E-state index >= 15 is 0 Å². The topological polar surface area (TPSA) is 110 Å². The molecule has 5 N–H and O–H groups in total. The van der Waals surface area contributed by atoms with E-state index in [4.69, 9.17) is 26.4 Å². The maximum atomic E-state index is 6.92. The summed E-state index contributed by atoms with van der Waals surface area (Å²) in [5.41, 5.74) is 14.0. The number of hydrogen-bond donors (Lipinski definition) is 3. The van der Waals surface area contributed by atoms with E-state index < -0.39 is 0 Å². The van der Waals surface area contributed by atoms with E-state index in [1.54, 1.807) is 12.1 Å². The van der Waals surface area contributed by atoms with Gasteiger partial charge in [0.25, 0.3) is 0 Å². The van der Waals surface area contributed by atoms with E-state index in [1.807, 2.05) is 31.2 Å². The Bertz CT molecular complexity index is 682. The molecule has 0 bridgehead atoms. The first-order valence-corrected chi connectivity index (χ1v) is 8.60. The molecule has 7 heteroatoms. The molecule has 1 fully saturated rings. The molecule has 2 heterocycles. The number of benzene rings is 1. The van der Waals surface area contributed by atoms with Gasteiger partial charge in [0.1, 0.15) is 12.4 Å². The molecule has 0 atom stereocenters. The van der Waals surface area contributed by atoms with Gasteiger partial charge in [-0.3, -0.25) is 4.90 Å². The van der Waals surface area contributed by atoms with Crippen molar-refractivity contribution < 1.29 is 9.47 Å². The van der Waals surface area contributed by atoms with Crippen molar-refractivity contribution in [3.63, 3.8) is 0 Å². The molecule has 0 spiro atoms. The van der Waals surface area contributed by atoms with Crippen molar-refractivity contribution in [1.29, 1.82) is 5.41 Å². The van der Waals surface area contributed by atoms with Crippen LogP contribution in [0.4, 0.5) is 11.5 Å². The fraction of sp³-hybridized carbons (Fsp3) is 0.368. The molecule has 140 valence electrons. The van der Waals surface area contributed by atoms with E-state index in [0.29, 0.717) is 24.0 Å². The predicted molar refractivity (Wildman–Crippen MR) is 105 cm³/mol. The molecule has 2 aromatic rings. The van der Waals surface area contributed by atoms with E-state index in [2.05, 4.69) is 9.88 Å². The smallest absolute Gasteiger partial charge is 0.217 e. The number of aryl methyl sites for hydroxylation is 1. The Morgan fingerprint density at radius 1 is 1.23 bits per heavy atom. The summed E-state index contributed by atoms with van der Waals surface area (Å²) < 4.78 is 10.8. The van der Waals surface area contributed by atoms with Crippen LogP contribution >= 0.6 is 0 Å². The van der Waals surface area contributed by atoms with Crippen molar-refractivity contribution in [2.45, 2.75) is 6.92 Å². The Hall–Kier alpha value is -2.64. The summed E-state index contributed by atoms with van der Waals surface area (Å²) >= 11 is 0. The second-order valence-electron chi connectivity index (χ2n) is 6.02. The first-order valence-electron chi connectivity index (χ1n) is 8.60. The molecule has 7 nitrogen and oxygen atoms in total. The van der Waals surface area contributed by atoms with E-state index in [0.717, 1.165) is 38.4 Å². The standard InChI is InChI=1S/C11H18N4O2.C8H9N/c12-9-7-10(13)14-11(8-9)17-6-3-15-1-4-16-5-2-15;1-7-3-2-4-8(5-7)6-9/h7-8H,1-6H2,(H4,12,13,14);2-6,9H,1H3. The molecule has 1 saturated heterocycles. The molecular formula is C19H27N5O2. The second kappa shape index (κ2) is 10.4. The van der Waals surface area contributed by atoms with Crippen molar-refractivity contribution in [2.24, 2.45) is 0 Å². The third kappa shape index (κ3) is 7.08. The van der Waals surface area contributed by atoms with Gasteiger partial charge in [-0.15, -0.1) is 0 Å². The first kappa shape index (κ1) is 19.7. The largest absolute Gasteiger partial charge is 0.476 e. The molecular weight excluding hydrogens is 330 g/mol. The number of pyridine rings is 1. The van der Waals surface area contributed by atoms with Gasteiger partial charge in [0.2, 0.25) is 5.88 Å². The fourth-order valence-electron chi connectivity index (χ4n) is 2.48. The van der Waals surface area contributed by atoms with Gasteiger partial charge in [-0.1, -0.05) is 29.8 Å². The first-order chi connectivity index (χ1) is 12.6. The molecule has 0 saturated carbocycles. The molecule has 26 heavy (non-hydrogen) atoms. The van der Waals surface area contributed by atoms with Crippen molar-refractivity contribution in [3.05, 3.63) is 47.5 Å². The minimum absolute atomic E-state index is 0.381. The van der Waals surface area contributed by atoms with Crippen LogP contribution < -0.4 is 16.2 Å². The number of hydrogen-bond acceptors (Lipinski definition) is 7. The van der Waals surface area contributed by atoms with Crippen molar-refractivity contribution >= 4 is 17.7 Å². The van der Waals surface area contributed by atoms with Gasteiger partial charge in [-0.05, 0) is 12.5 Å². The van der Waals surface area contributed by atoms with Gasteiger partial charge >= 0.3 is 0 Å². The SMILES string of the molecule is Cc1cccc(C=N)c1.Nc1cc(N)nc(OCCN2CCOCC2)c1. The zero-order valence-electron chi connectivity index (χ0n) is 15.1. The maximum Gasteiger partial charge on any atom is 0.217 e. The van der Waals surface area contributed by atoms with Crippen LogP contribution in [0, 0.1) is 12.3 Å². The van der Waals surface area contributed by atoms with Crippen molar-refractivity contribution in [1.82, 2.24) is 9.88 Å². The number of aromatic nitrogens is 1. The van der Waals surface area contributed by atoms with Gasteiger partial charge < -0.3 is 26.4 Å². The number of nitrogen functional groups attached to an aromatic ring is 2. The van der Waals surface area contributed by atoms with Crippen LogP contribution in [-0.2, 0) is 4.74 Å². The van der Waals surface area contributed by atoms with Gasteiger partial charge in [0, 0.05) is 43.7 Å². The Morgan fingerprint density at radius 3 is 2.62 bits per heavy atom. The lowest BCUT2D eigenvalue weighted by molar-refractivity contribution is 0.0320. The van der Waals surface area contributed by atoms with E-state index in [9.17, 15) is 0 Å².